The molecule has 172 valence electrons. The van der Waals surface area contributed by atoms with E-state index in [2.05, 4.69) is 34.5 Å². The zero-order valence-electron chi connectivity index (χ0n) is 18.6. The summed E-state index contributed by atoms with van der Waals surface area (Å²) >= 11 is 0. The molecule has 3 saturated heterocycles. The molecule has 0 aliphatic carbocycles. The monoisotopic (exact) mass is 450 g/mol. The lowest BCUT2D eigenvalue weighted by Crippen LogP contribution is -2.63. The third kappa shape index (κ3) is 4.71. The molecule has 0 amide bonds. The predicted octanol–water partition coefficient (Wildman–Crippen LogP) is 6.17. The number of nitrogens with zero attached hydrogens (tertiary/aromatic N) is 1. The summed E-state index contributed by atoms with van der Waals surface area (Å²) in [6, 6.07) is 24.6. The van der Waals surface area contributed by atoms with Gasteiger partial charge in [0, 0.05) is 18.6 Å². The number of rotatable bonds is 6. The van der Waals surface area contributed by atoms with Gasteiger partial charge in [0.2, 0.25) is 0 Å². The molecular formula is C28H29F3N2. The number of fused-ring (bicyclic) bond motifs is 3. The number of benzene rings is 3. The van der Waals surface area contributed by atoms with E-state index in [-0.39, 0.29) is 11.6 Å². The van der Waals surface area contributed by atoms with Crippen molar-refractivity contribution >= 4 is 0 Å². The molecule has 3 aromatic rings. The maximum atomic E-state index is 13.8. The summed E-state index contributed by atoms with van der Waals surface area (Å²) in [4.78, 5) is 2.54. The van der Waals surface area contributed by atoms with E-state index in [0.717, 1.165) is 31.6 Å². The van der Waals surface area contributed by atoms with Crippen molar-refractivity contribution in [2.45, 2.75) is 44.1 Å². The maximum absolute atomic E-state index is 13.8. The van der Waals surface area contributed by atoms with E-state index in [0.29, 0.717) is 17.5 Å². The molecule has 3 aliphatic rings. The number of hydrogen-bond acceptors (Lipinski definition) is 2. The Bertz CT molecular complexity index is 1070. The summed E-state index contributed by atoms with van der Waals surface area (Å²) in [6.07, 6.45) is -1.27. The molecule has 0 radical (unpaired) electrons. The molecule has 3 fully saturated rings. The van der Waals surface area contributed by atoms with Gasteiger partial charge in [-0.3, -0.25) is 4.90 Å². The van der Waals surface area contributed by atoms with Crippen molar-refractivity contribution in [2.75, 3.05) is 13.1 Å². The molecular weight excluding hydrogens is 421 g/mol. The van der Waals surface area contributed by atoms with E-state index < -0.39 is 11.7 Å². The van der Waals surface area contributed by atoms with Gasteiger partial charge >= 0.3 is 6.18 Å². The van der Waals surface area contributed by atoms with Crippen LogP contribution in [0.25, 0.3) is 11.1 Å². The molecule has 0 saturated carbocycles. The molecule has 2 nitrogen and oxygen atoms in total. The van der Waals surface area contributed by atoms with Crippen LogP contribution < -0.4 is 5.32 Å². The predicted molar refractivity (Wildman–Crippen MR) is 126 cm³/mol. The van der Waals surface area contributed by atoms with Crippen LogP contribution in [0.15, 0.2) is 78.9 Å². The number of nitrogens with one attached hydrogen (secondary N) is 1. The van der Waals surface area contributed by atoms with Gasteiger partial charge < -0.3 is 5.32 Å². The van der Waals surface area contributed by atoms with Gasteiger partial charge in [-0.05, 0) is 66.6 Å². The van der Waals surface area contributed by atoms with Crippen LogP contribution in [0, 0.1) is 5.92 Å². The Hall–Kier alpha value is -2.63. The maximum Gasteiger partial charge on any atom is 0.417 e. The SMILES string of the molecule is FC(F)(F)c1ccccc1-c1ccccc1CC1C(NCc2ccccc2)C2CCN1CC2. The summed E-state index contributed by atoms with van der Waals surface area (Å²) < 4.78 is 41.3. The van der Waals surface area contributed by atoms with Crippen molar-refractivity contribution in [1.29, 1.82) is 0 Å². The number of hydrogen-bond donors (Lipinski definition) is 1. The van der Waals surface area contributed by atoms with Crippen molar-refractivity contribution in [3.63, 3.8) is 0 Å². The van der Waals surface area contributed by atoms with Gasteiger partial charge in [-0.15, -0.1) is 0 Å². The molecule has 33 heavy (non-hydrogen) atoms. The van der Waals surface area contributed by atoms with Crippen LogP contribution in [-0.4, -0.2) is 30.1 Å². The highest BCUT2D eigenvalue weighted by Gasteiger charge is 2.42. The highest BCUT2D eigenvalue weighted by molar-refractivity contribution is 5.71. The third-order valence-corrected chi connectivity index (χ3v) is 7.32. The highest BCUT2D eigenvalue weighted by atomic mass is 19.4. The zero-order chi connectivity index (χ0) is 22.8. The van der Waals surface area contributed by atoms with Crippen molar-refractivity contribution < 1.29 is 13.2 Å². The molecule has 2 bridgehead atoms. The van der Waals surface area contributed by atoms with Gasteiger partial charge in [0.1, 0.15) is 0 Å². The van der Waals surface area contributed by atoms with Crippen LogP contribution in [0.3, 0.4) is 0 Å². The first-order valence-electron chi connectivity index (χ1n) is 11.8. The average molecular weight is 451 g/mol. The van der Waals surface area contributed by atoms with Crippen molar-refractivity contribution in [3.8, 4) is 11.1 Å². The lowest BCUT2D eigenvalue weighted by molar-refractivity contribution is -0.137. The van der Waals surface area contributed by atoms with Crippen LogP contribution in [-0.2, 0) is 19.1 Å². The molecule has 3 aliphatic heterocycles. The van der Waals surface area contributed by atoms with Crippen LogP contribution in [0.4, 0.5) is 13.2 Å². The summed E-state index contributed by atoms with van der Waals surface area (Å²) in [7, 11) is 0. The Kier molecular flexibility index (Phi) is 6.26. The molecule has 0 spiro atoms. The van der Waals surface area contributed by atoms with Crippen molar-refractivity contribution in [2.24, 2.45) is 5.92 Å². The molecule has 0 aromatic heterocycles. The van der Waals surface area contributed by atoms with Gasteiger partial charge in [-0.1, -0.05) is 72.8 Å². The topological polar surface area (TPSA) is 15.3 Å². The fourth-order valence-electron chi connectivity index (χ4n) is 5.69. The minimum absolute atomic E-state index is 0.269. The summed E-state index contributed by atoms with van der Waals surface area (Å²) in [5, 5.41) is 3.81. The summed E-state index contributed by atoms with van der Waals surface area (Å²) in [6.45, 7) is 2.95. The van der Waals surface area contributed by atoms with Crippen molar-refractivity contribution in [3.05, 3.63) is 95.6 Å². The van der Waals surface area contributed by atoms with Crippen molar-refractivity contribution in [1.82, 2.24) is 10.2 Å². The first-order valence-corrected chi connectivity index (χ1v) is 11.8. The largest absolute Gasteiger partial charge is 0.417 e. The van der Waals surface area contributed by atoms with Gasteiger partial charge in [0.25, 0.3) is 0 Å². The number of piperidine rings is 3. The van der Waals surface area contributed by atoms with Crippen LogP contribution in [0.1, 0.15) is 29.5 Å². The Morgan fingerprint density at radius 2 is 1.42 bits per heavy atom. The van der Waals surface area contributed by atoms with E-state index >= 15 is 0 Å². The summed E-state index contributed by atoms with van der Waals surface area (Å²) in [5.74, 6) is 0.610. The highest BCUT2D eigenvalue weighted by Crippen LogP contribution is 2.40. The Morgan fingerprint density at radius 3 is 2.15 bits per heavy atom. The second kappa shape index (κ2) is 9.32. The standard InChI is InChI=1S/C28H29F3N2/c29-28(30,31)25-13-7-6-12-24(25)23-11-5-4-10-22(23)18-26-27(21-14-16-33(26)17-15-21)32-19-20-8-2-1-3-9-20/h1-13,21,26-27,32H,14-19H2. The second-order valence-corrected chi connectivity index (χ2v) is 9.24. The molecule has 2 atom stereocenters. The van der Waals surface area contributed by atoms with E-state index in [4.69, 9.17) is 0 Å². The minimum Gasteiger partial charge on any atom is -0.308 e. The van der Waals surface area contributed by atoms with Gasteiger partial charge in [-0.25, -0.2) is 0 Å². The van der Waals surface area contributed by atoms with Gasteiger partial charge in [0.15, 0.2) is 0 Å². The van der Waals surface area contributed by atoms with E-state index in [1.54, 1.807) is 12.1 Å². The molecule has 5 heteroatoms. The lowest BCUT2D eigenvalue weighted by Gasteiger charge is -2.51. The van der Waals surface area contributed by atoms with E-state index in [9.17, 15) is 13.2 Å². The smallest absolute Gasteiger partial charge is 0.308 e. The van der Waals surface area contributed by atoms with Crippen LogP contribution in [0.5, 0.6) is 0 Å². The third-order valence-electron chi connectivity index (χ3n) is 7.32. The van der Waals surface area contributed by atoms with Gasteiger partial charge in [0.05, 0.1) is 5.56 Å². The van der Waals surface area contributed by atoms with Crippen LogP contribution in [0.2, 0.25) is 0 Å². The molecule has 3 aromatic carbocycles. The lowest BCUT2D eigenvalue weighted by atomic mass is 9.76. The second-order valence-electron chi connectivity index (χ2n) is 9.24. The fourth-order valence-corrected chi connectivity index (χ4v) is 5.69. The van der Waals surface area contributed by atoms with Gasteiger partial charge in [-0.2, -0.15) is 13.2 Å². The number of halogens is 3. The minimum atomic E-state index is -4.38. The zero-order valence-corrected chi connectivity index (χ0v) is 18.6. The fraction of sp³-hybridized carbons (Fsp3) is 0.357. The first-order chi connectivity index (χ1) is 16.0. The quantitative estimate of drug-likeness (QED) is 0.483. The van der Waals surface area contributed by atoms with E-state index in [1.165, 1.54) is 30.5 Å². The molecule has 6 rings (SSSR count). The Labute approximate surface area is 193 Å². The molecule has 3 heterocycles. The Morgan fingerprint density at radius 1 is 0.788 bits per heavy atom. The molecule has 1 N–H and O–H groups in total. The van der Waals surface area contributed by atoms with Crippen LogP contribution >= 0.6 is 0 Å². The Balaban J connectivity index is 1.44. The average Bonchev–Trinajstić information content (AvgIpc) is 2.84. The molecule has 2 unspecified atom stereocenters. The van der Waals surface area contributed by atoms with E-state index in [1.807, 2.05) is 30.3 Å². The first kappa shape index (κ1) is 22.2. The normalized spacial score (nSPS) is 24.7. The number of alkyl halides is 3. The summed E-state index contributed by atoms with van der Waals surface area (Å²) in [5.41, 5.74) is 2.63.